The van der Waals surface area contributed by atoms with Crippen molar-refractivity contribution in [1.82, 2.24) is 34.3 Å². The molecule has 10 heteroatoms. The zero-order chi connectivity index (χ0) is 23.8. The maximum Gasteiger partial charge on any atom is 0.274 e. The van der Waals surface area contributed by atoms with Crippen LogP contribution < -0.4 is 0 Å². The van der Waals surface area contributed by atoms with Crippen LogP contribution >= 0.6 is 11.6 Å². The molecule has 4 rings (SSSR count). The molecule has 0 spiro atoms. The predicted molar refractivity (Wildman–Crippen MR) is 125 cm³/mol. The van der Waals surface area contributed by atoms with Crippen LogP contribution in [0.2, 0.25) is 5.02 Å². The molecule has 3 aromatic rings. The highest BCUT2D eigenvalue weighted by molar-refractivity contribution is 6.31. The molecular formula is C23H32ClN7O2. The van der Waals surface area contributed by atoms with Crippen molar-refractivity contribution in [2.24, 2.45) is 0 Å². The predicted octanol–water partition coefficient (Wildman–Crippen LogP) is 3.49. The van der Waals surface area contributed by atoms with Crippen molar-refractivity contribution in [3.8, 4) is 0 Å². The van der Waals surface area contributed by atoms with E-state index in [0.29, 0.717) is 37.0 Å². The van der Waals surface area contributed by atoms with E-state index in [1.165, 1.54) is 0 Å². The summed E-state index contributed by atoms with van der Waals surface area (Å²) < 4.78 is 9.44. The average molecular weight is 474 g/mol. The zero-order valence-electron chi connectivity index (χ0n) is 20.0. The Kier molecular flexibility index (Phi) is 6.63. The fraction of sp³-hybridized carbons (Fsp3) is 0.565. The van der Waals surface area contributed by atoms with Gasteiger partial charge < -0.3 is 9.32 Å². The molecule has 0 radical (unpaired) electrons. The number of hydrogen-bond acceptors (Lipinski definition) is 6. The molecule has 1 saturated heterocycles. The minimum Gasteiger partial charge on any atom is -0.444 e. The molecule has 0 atom stereocenters. The summed E-state index contributed by atoms with van der Waals surface area (Å²) in [5.74, 6) is 1.57. The first kappa shape index (κ1) is 23.5. The first-order chi connectivity index (χ1) is 15.6. The summed E-state index contributed by atoms with van der Waals surface area (Å²) in [7, 11) is 0. The van der Waals surface area contributed by atoms with Gasteiger partial charge in [0, 0.05) is 37.8 Å². The van der Waals surface area contributed by atoms with E-state index in [0.717, 1.165) is 42.5 Å². The van der Waals surface area contributed by atoms with E-state index in [4.69, 9.17) is 16.0 Å². The molecule has 1 aliphatic heterocycles. The molecular weight excluding hydrogens is 442 g/mol. The van der Waals surface area contributed by atoms with Gasteiger partial charge in [0.1, 0.15) is 18.1 Å². The molecule has 0 bridgehead atoms. The third-order valence-corrected chi connectivity index (χ3v) is 6.51. The molecule has 1 amide bonds. The largest absolute Gasteiger partial charge is 0.444 e. The highest BCUT2D eigenvalue weighted by Gasteiger charge is 2.24. The number of halogens is 1. The van der Waals surface area contributed by atoms with E-state index in [2.05, 4.69) is 40.9 Å². The number of carbonyl (C=O) groups is 1. The number of aromatic nitrogens is 5. The second-order valence-electron chi connectivity index (χ2n) is 9.66. The SMILES string of the molecule is Cc1nn(Cn2ccc(C(=O)N3CCCN(Cc4ncc(C(C)(C)C)o4)CC3)n2)c(C)c1Cl. The van der Waals surface area contributed by atoms with Crippen molar-refractivity contribution in [3.05, 3.63) is 52.2 Å². The lowest BCUT2D eigenvalue weighted by atomic mass is 9.94. The van der Waals surface area contributed by atoms with E-state index < -0.39 is 0 Å². The topological polar surface area (TPSA) is 85.2 Å². The van der Waals surface area contributed by atoms with Crippen molar-refractivity contribution < 1.29 is 9.21 Å². The lowest BCUT2D eigenvalue weighted by Crippen LogP contribution is -2.35. The average Bonchev–Trinajstić information content (AvgIpc) is 3.42. The second-order valence-corrected chi connectivity index (χ2v) is 10.0. The van der Waals surface area contributed by atoms with Gasteiger partial charge in [0.15, 0.2) is 0 Å². The van der Waals surface area contributed by atoms with Gasteiger partial charge in [0.25, 0.3) is 5.91 Å². The minimum atomic E-state index is -0.0577. The van der Waals surface area contributed by atoms with Gasteiger partial charge in [0.2, 0.25) is 5.89 Å². The Morgan fingerprint density at radius 3 is 2.61 bits per heavy atom. The van der Waals surface area contributed by atoms with Crippen LogP contribution in [-0.2, 0) is 18.6 Å². The van der Waals surface area contributed by atoms with Crippen LogP contribution in [0.4, 0.5) is 0 Å². The molecule has 1 fully saturated rings. The minimum absolute atomic E-state index is 0.0480. The van der Waals surface area contributed by atoms with Crippen LogP contribution in [0.25, 0.3) is 0 Å². The molecule has 0 aliphatic carbocycles. The van der Waals surface area contributed by atoms with Crippen molar-refractivity contribution in [2.75, 3.05) is 26.2 Å². The van der Waals surface area contributed by atoms with Gasteiger partial charge in [0.05, 0.1) is 29.2 Å². The third-order valence-electron chi connectivity index (χ3n) is 5.96. The summed E-state index contributed by atoms with van der Waals surface area (Å²) in [5.41, 5.74) is 2.05. The van der Waals surface area contributed by atoms with Gasteiger partial charge in [-0.05, 0) is 26.3 Å². The van der Waals surface area contributed by atoms with Crippen LogP contribution in [0.1, 0.15) is 60.7 Å². The van der Waals surface area contributed by atoms with Crippen LogP contribution in [0.15, 0.2) is 22.9 Å². The molecule has 0 saturated carbocycles. The van der Waals surface area contributed by atoms with Crippen LogP contribution in [-0.4, -0.2) is 66.4 Å². The lowest BCUT2D eigenvalue weighted by molar-refractivity contribution is 0.0753. The van der Waals surface area contributed by atoms with Crippen LogP contribution in [0, 0.1) is 13.8 Å². The summed E-state index contributed by atoms with van der Waals surface area (Å²) in [6.07, 6.45) is 4.51. The number of rotatable bonds is 5. The maximum atomic E-state index is 13.1. The first-order valence-corrected chi connectivity index (χ1v) is 11.7. The highest BCUT2D eigenvalue weighted by Crippen LogP contribution is 2.23. The number of oxazole rings is 1. The molecule has 9 nitrogen and oxygen atoms in total. The Bertz CT molecular complexity index is 1120. The molecule has 0 N–H and O–H groups in total. The van der Waals surface area contributed by atoms with Crippen LogP contribution in [0.3, 0.4) is 0 Å². The summed E-state index contributed by atoms with van der Waals surface area (Å²) >= 11 is 6.23. The van der Waals surface area contributed by atoms with E-state index in [9.17, 15) is 4.79 Å². The van der Waals surface area contributed by atoms with Crippen molar-refractivity contribution in [2.45, 2.75) is 59.7 Å². The van der Waals surface area contributed by atoms with E-state index in [1.807, 2.05) is 24.9 Å². The summed E-state index contributed by atoms with van der Waals surface area (Å²) in [6.45, 7) is 14.2. The lowest BCUT2D eigenvalue weighted by Gasteiger charge is -2.20. The van der Waals surface area contributed by atoms with Crippen molar-refractivity contribution in [3.63, 3.8) is 0 Å². The van der Waals surface area contributed by atoms with Crippen molar-refractivity contribution in [1.29, 1.82) is 0 Å². The number of hydrogen-bond donors (Lipinski definition) is 0. The number of aryl methyl sites for hydroxylation is 1. The molecule has 3 aromatic heterocycles. The van der Waals surface area contributed by atoms with Gasteiger partial charge in [-0.3, -0.25) is 14.4 Å². The number of amides is 1. The first-order valence-electron chi connectivity index (χ1n) is 11.3. The Balaban J connectivity index is 1.35. The fourth-order valence-corrected chi connectivity index (χ4v) is 4.06. The van der Waals surface area contributed by atoms with Crippen LogP contribution in [0.5, 0.6) is 0 Å². The second kappa shape index (κ2) is 9.30. The Morgan fingerprint density at radius 2 is 1.94 bits per heavy atom. The summed E-state index contributed by atoms with van der Waals surface area (Å²) in [5, 5.41) is 9.58. The Morgan fingerprint density at radius 1 is 1.15 bits per heavy atom. The van der Waals surface area contributed by atoms with E-state index >= 15 is 0 Å². The Hall–Kier alpha value is -2.65. The molecule has 1 aliphatic rings. The molecule has 0 unspecified atom stereocenters. The fourth-order valence-electron chi connectivity index (χ4n) is 3.92. The highest BCUT2D eigenvalue weighted by atomic mass is 35.5. The van der Waals surface area contributed by atoms with E-state index in [-0.39, 0.29) is 11.3 Å². The van der Waals surface area contributed by atoms with Gasteiger partial charge in [-0.1, -0.05) is 32.4 Å². The molecule has 0 aromatic carbocycles. The smallest absolute Gasteiger partial charge is 0.274 e. The Labute approximate surface area is 199 Å². The summed E-state index contributed by atoms with van der Waals surface area (Å²) in [6, 6.07) is 1.76. The monoisotopic (exact) mass is 473 g/mol. The normalized spacial score (nSPS) is 15.8. The van der Waals surface area contributed by atoms with Crippen molar-refractivity contribution >= 4 is 17.5 Å². The molecule has 4 heterocycles. The third kappa shape index (κ3) is 5.30. The van der Waals surface area contributed by atoms with Gasteiger partial charge in [-0.15, -0.1) is 0 Å². The van der Waals surface area contributed by atoms with E-state index in [1.54, 1.807) is 21.6 Å². The maximum absolute atomic E-state index is 13.1. The number of nitrogens with zero attached hydrogens (tertiary/aromatic N) is 7. The number of carbonyl (C=O) groups excluding carboxylic acids is 1. The quantitative estimate of drug-likeness (QED) is 0.564. The standard InChI is InChI=1S/C23H32ClN7O2/c1-16-21(24)17(2)31(26-16)15-30-10-7-18(27-30)22(32)29-9-6-8-28(11-12-29)14-20-25-13-19(33-20)23(3,4)5/h7,10,13H,6,8-9,11-12,14-15H2,1-5H3. The van der Waals surface area contributed by atoms with Gasteiger partial charge in [-0.2, -0.15) is 10.2 Å². The molecule has 178 valence electrons. The summed E-state index contributed by atoms with van der Waals surface area (Å²) in [4.78, 5) is 21.7. The molecule has 33 heavy (non-hydrogen) atoms. The van der Waals surface area contributed by atoms with Gasteiger partial charge >= 0.3 is 0 Å². The zero-order valence-corrected chi connectivity index (χ0v) is 20.8. The van der Waals surface area contributed by atoms with Gasteiger partial charge in [-0.25, -0.2) is 9.67 Å².